The van der Waals surface area contributed by atoms with Crippen LogP contribution in [-0.2, 0) is 18.0 Å². The van der Waals surface area contributed by atoms with E-state index < -0.39 is 37.2 Å². The molecule has 0 bridgehead atoms. The van der Waals surface area contributed by atoms with Crippen molar-refractivity contribution in [1.29, 1.82) is 0 Å². The molecule has 0 aliphatic rings. The molecule has 20 nitrogen and oxygen atoms in total. The van der Waals surface area contributed by atoms with Crippen molar-refractivity contribution >= 4 is 46.3 Å². The lowest BCUT2D eigenvalue weighted by Gasteiger charge is -2.04. The molecule has 4 rings (SSSR count). The maximum absolute atomic E-state index is 11.4. The van der Waals surface area contributed by atoms with Gasteiger partial charge in [-0.2, -0.15) is 0 Å². The summed E-state index contributed by atoms with van der Waals surface area (Å²) in [7, 11) is 0. The molecule has 236 valence electrons. The number of ether oxygens (including phenoxy) is 3. The zero-order chi connectivity index (χ0) is 33.5. The first-order chi connectivity index (χ1) is 21.3. The van der Waals surface area contributed by atoms with E-state index in [1.54, 1.807) is 0 Å². The minimum atomic E-state index is -1.08. The number of aliphatic hydroxyl groups is 1. The number of aliphatic hydroxyl groups excluding tert-OH is 1. The van der Waals surface area contributed by atoms with Crippen LogP contribution in [0.15, 0.2) is 81.6 Å². The maximum atomic E-state index is 11.4. The largest absolute Gasteiger partial charge is 0.514 e. The minimum Gasteiger partial charge on any atom is -0.426 e. The van der Waals surface area contributed by atoms with E-state index in [1.165, 1.54) is 66.7 Å². The summed E-state index contributed by atoms with van der Waals surface area (Å²) in [4.78, 5) is 60.1. The van der Waals surface area contributed by atoms with Gasteiger partial charge in [0.1, 0.15) is 39.5 Å². The number of rotatable bonds is 9. The quantitative estimate of drug-likeness (QED) is 0.0731. The molecule has 0 unspecified atom stereocenters. The number of hydrogen-bond donors (Lipinski definition) is 1. The van der Waals surface area contributed by atoms with Gasteiger partial charge in [-0.05, 0) is 36.4 Å². The molecule has 4 aromatic rings. The molecule has 45 heavy (non-hydrogen) atoms. The summed E-state index contributed by atoms with van der Waals surface area (Å²) >= 11 is 4.92. The van der Waals surface area contributed by atoms with E-state index in [0.29, 0.717) is 0 Å². The predicted molar refractivity (Wildman–Crippen MR) is 146 cm³/mol. The summed E-state index contributed by atoms with van der Waals surface area (Å²) in [6.45, 7) is -0.659. The van der Waals surface area contributed by atoms with Gasteiger partial charge in [-0.25, -0.2) is 9.59 Å². The summed E-state index contributed by atoms with van der Waals surface area (Å²) < 4.78 is 23.2. The second-order valence-electron chi connectivity index (χ2n) is 7.63. The van der Waals surface area contributed by atoms with Crippen molar-refractivity contribution in [2.24, 2.45) is 0 Å². The Bertz CT molecular complexity index is 1650. The average Bonchev–Trinajstić information content (AvgIpc) is 3.68. The number of carbonyl (C=O) groups is 2. The van der Waals surface area contributed by atoms with Crippen LogP contribution in [0.4, 0.5) is 32.7 Å². The van der Waals surface area contributed by atoms with Gasteiger partial charge in [0.15, 0.2) is 6.61 Å². The van der Waals surface area contributed by atoms with Crippen molar-refractivity contribution in [3.05, 3.63) is 125 Å². The number of carbonyl (C=O) groups excluding carboxylic acids is 2. The molecule has 2 aromatic carbocycles. The summed E-state index contributed by atoms with van der Waals surface area (Å²) in [6, 6.07) is 14.8. The maximum Gasteiger partial charge on any atom is 0.514 e. The lowest BCUT2D eigenvalue weighted by atomic mass is 10.3. The second-order valence-corrected chi connectivity index (χ2v) is 7.94. The van der Waals surface area contributed by atoms with Gasteiger partial charge in [0.05, 0.1) is 22.0 Å². The van der Waals surface area contributed by atoms with Crippen LogP contribution in [0, 0.1) is 40.5 Å². The van der Waals surface area contributed by atoms with Crippen LogP contribution in [0.5, 0.6) is 11.5 Å². The second kappa shape index (κ2) is 16.9. The highest BCUT2D eigenvalue weighted by molar-refractivity contribution is 6.61. The molecule has 0 spiro atoms. The molecule has 0 saturated carbocycles. The highest BCUT2D eigenvalue weighted by Crippen LogP contribution is 2.20. The molecule has 0 aliphatic heterocycles. The van der Waals surface area contributed by atoms with Crippen LogP contribution in [0.25, 0.3) is 0 Å². The standard InChI is InChI=1S/C12H8N2O8.C7H4ClNO4.C5H5NO4/c15-12(20-7-10-5-6-11(21-10)14(18)19)22-9-3-1-8(2-4-9)13(16)17;8-7(10)13-6-3-1-5(2-4-6)9(11)12;7-3-4-1-2-5(10-4)6(8)9/h1-6H,7H2;1-4H;1-2,7H,3H2. The fraction of sp³-hybridized carbons (Fsp3) is 0.0833. The van der Waals surface area contributed by atoms with E-state index in [-0.39, 0.29) is 53.5 Å². The molecule has 1 N–H and O–H groups in total. The summed E-state index contributed by atoms with van der Waals surface area (Å²) in [6.07, 6.45) is -1.08. The Morgan fingerprint density at radius 1 is 0.644 bits per heavy atom. The number of benzene rings is 2. The molecule has 0 saturated heterocycles. The van der Waals surface area contributed by atoms with Crippen molar-refractivity contribution in [3.63, 3.8) is 0 Å². The Kier molecular flexibility index (Phi) is 13.1. The van der Waals surface area contributed by atoms with E-state index in [4.69, 9.17) is 30.6 Å². The van der Waals surface area contributed by atoms with Gasteiger partial charge in [0, 0.05) is 35.9 Å². The Morgan fingerprint density at radius 3 is 1.42 bits per heavy atom. The summed E-state index contributed by atoms with van der Waals surface area (Å²) in [5, 5.41) is 49.4. The SMILES string of the molecule is O=C(Cl)Oc1ccc([N+](=O)[O-])cc1.O=C(OCc1ccc([N+](=O)[O-])o1)Oc1ccc([N+](=O)[O-])cc1.O=[N+]([O-])c1ccc(CO)o1. The Hall–Kier alpha value is -6.41. The van der Waals surface area contributed by atoms with Crippen molar-refractivity contribution in [1.82, 2.24) is 0 Å². The van der Waals surface area contributed by atoms with E-state index in [2.05, 4.69) is 9.15 Å². The highest BCUT2D eigenvalue weighted by atomic mass is 35.5. The number of halogens is 1. The van der Waals surface area contributed by atoms with Crippen LogP contribution in [0.3, 0.4) is 0 Å². The van der Waals surface area contributed by atoms with Gasteiger partial charge in [-0.15, -0.1) is 0 Å². The fourth-order valence-electron chi connectivity index (χ4n) is 2.71. The first kappa shape index (κ1) is 34.8. The van der Waals surface area contributed by atoms with Gasteiger partial charge in [-0.1, -0.05) is 0 Å². The number of non-ortho nitro benzene ring substituents is 2. The zero-order valence-electron chi connectivity index (χ0n) is 22.1. The monoisotopic (exact) mass is 652 g/mol. The van der Waals surface area contributed by atoms with Gasteiger partial charge >= 0.3 is 23.4 Å². The minimum absolute atomic E-state index is 0.0565. The summed E-state index contributed by atoms with van der Waals surface area (Å²) in [5.41, 5.74) is -1.20. The summed E-state index contributed by atoms with van der Waals surface area (Å²) in [5.74, 6) is -0.308. The molecule has 0 atom stereocenters. The predicted octanol–water partition coefficient (Wildman–Crippen LogP) is 5.82. The molecule has 0 amide bonds. The third-order valence-corrected chi connectivity index (χ3v) is 4.71. The number of furan rings is 2. The lowest BCUT2D eigenvalue weighted by molar-refractivity contribution is -0.402. The molecule has 2 heterocycles. The van der Waals surface area contributed by atoms with Gasteiger partial charge in [-0.3, -0.25) is 40.5 Å². The molecule has 21 heteroatoms. The van der Waals surface area contributed by atoms with Crippen LogP contribution in [0.2, 0.25) is 0 Å². The lowest BCUT2D eigenvalue weighted by Crippen LogP contribution is -2.10. The van der Waals surface area contributed by atoms with Crippen molar-refractivity contribution in [2.45, 2.75) is 13.2 Å². The fourth-order valence-corrected chi connectivity index (χ4v) is 2.80. The van der Waals surface area contributed by atoms with E-state index in [9.17, 15) is 50.0 Å². The van der Waals surface area contributed by atoms with Gasteiger partial charge in [0.25, 0.3) is 11.4 Å². The Labute approximate surface area is 253 Å². The van der Waals surface area contributed by atoms with Gasteiger partial charge in [0.2, 0.25) is 0 Å². The number of hydrogen-bond acceptors (Lipinski definition) is 16. The average molecular weight is 653 g/mol. The van der Waals surface area contributed by atoms with Crippen LogP contribution in [0.1, 0.15) is 11.5 Å². The topological polar surface area (TPSA) is 281 Å². The van der Waals surface area contributed by atoms with Crippen LogP contribution < -0.4 is 9.47 Å². The number of nitrogens with zero attached hydrogens (tertiary/aromatic N) is 4. The molecule has 2 aromatic heterocycles. The number of nitro groups is 4. The smallest absolute Gasteiger partial charge is 0.426 e. The van der Waals surface area contributed by atoms with Crippen molar-refractivity contribution < 1.29 is 57.4 Å². The molecular formula is C24H17ClN4O16. The molecule has 0 fully saturated rings. The third kappa shape index (κ3) is 12.2. The molecule has 0 aliphatic carbocycles. The van der Waals surface area contributed by atoms with E-state index in [0.717, 1.165) is 6.07 Å². The van der Waals surface area contributed by atoms with Crippen molar-refractivity contribution in [3.8, 4) is 11.5 Å². The zero-order valence-corrected chi connectivity index (χ0v) is 22.8. The first-order valence-corrected chi connectivity index (χ1v) is 11.9. The normalized spacial score (nSPS) is 9.73. The van der Waals surface area contributed by atoms with E-state index >= 15 is 0 Å². The Morgan fingerprint density at radius 2 is 1.07 bits per heavy atom. The highest BCUT2D eigenvalue weighted by Gasteiger charge is 2.15. The molecular weight excluding hydrogens is 636 g/mol. The first-order valence-electron chi connectivity index (χ1n) is 11.6. The number of nitro benzene ring substituents is 2. The van der Waals surface area contributed by atoms with Crippen molar-refractivity contribution in [2.75, 3.05) is 0 Å². The van der Waals surface area contributed by atoms with Gasteiger partial charge < -0.3 is 28.2 Å². The van der Waals surface area contributed by atoms with Crippen LogP contribution in [-0.4, -0.2) is 36.4 Å². The molecule has 0 radical (unpaired) electrons. The van der Waals surface area contributed by atoms with Crippen LogP contribution >= 0.6 is 11.6 Å². The Balaban J connectivity index is 0.000000259. The van der Waals surface area contributed by atoms with E-state index in [1.807, 2.05) is 0 Å². The third-order valence-electron chi connectivity index (χ3n) is 4.64.